The van der Waals surface area contributed by atoms with Crippen molar-refractivity contribution in [2.75, 3.05) is 44.7 Å². The average Bonchev–Trinajstić information content (AvgIpc) is 2.42. The molecule has 4 nitrogen and oxygen atoms in total. The summed E-state index contributed by atoms with van der Waals surface area (Å²) in [4.78, 5) is 13.5. The highest BCUT2D eigenvalue weighted by molar-refractivity contribution is 5.94. The summed E-state index contributed by atoms with van der Waals surface area (Å²) < 4.78 is 18.9. The van der Waals surface area contributed by atoms with Crippen LogP contribution in [-0.2, 0) is 4.74 Å². The molecule has 0 aromatic heterocycles. The molecule has 0 saturated carbocycles. The Hall–Kier alpha value is -1.46. The first kappa shape index (κ1) is 14.0. The topological polar surface area (TPSA) is 41.6 Å². The van der Waals surface area contributed by atoms with E-state index in [1.54, 1.807) is 6.07 Å². The molecule has 5 heteroatoms. The van der Waals surface area contributed by atoms with E-state index in [9.17, 15) is 9.18 Å². The Balaban J connectivity index is 1.87. The van der Waals surface area contributed by atoms with Gasteiger partial charge in [-0.05, 0) is 25.1 Å². The quantitative estimate of drug-likeness (QED) is 0.825. The monoisotopic (exact) mass is 266 g/mol. The summed E-state index contributed by atoms with van der Waals surface area (Å²) >= 11 is 0. The Bertz CT molecular complexity index is 445. The number of ether oxygens (including phenoxy) is 1. The molecular formula is C14H19FN2O2. The van der Waals surface area contributed by atoms with Crippen LogP contribution in [0.4, 0.5) is 10.1 Å². The van der Waals surface area contributed by atoms with Gasteiger partial charge in [0.25, 0.3) is 0 Å². The number of anilines is 1. The number of nitrogens with zero attached hydrogens (tertiary/aromatic N) is 1. The van der Waals surface area contributed by atoms with Crippen molar-refractivity contribution in [3.63, 3.8) is 0 Å². The van der Waals surface area contributed by atoms with E-state index in [0.29, 0.717) is 17.8 Å². The fourth-order valence-electron chi connectivity index (χ4n) is 2.05. The Labute approximate surface area is 112 Å². The number of Topliss-reactive ketones (excluding diaryl/α,β-unsaturated/α-hetero) is 1. The lowest BCUT2D eigenvalue weighted by Crippen LogP contribution is -2.39. The maximum Gasteiger partial charge on any atom is 0.159 e. The zero-order valence-corrected chi connectivity index (χ0v) is 11.1. The average molecular weight is 266 g/mol. The summed E-state index contributed by atoms with van der Waals surface area (Å²) in [5, 5.41) is 3.05. The second-order valence-corrected chi connectivity index (χ2v) is 4.63. The fraction of sp³-hybridized carbons (Fsp3) is 0.500. The molecule has 1 aromatic rings. The molecule has 1 aliphatic heterocycles. The third kappa shape index (κ3) is 4.01. The molecule has 19 heavy (non-hydrogen) atoms. The van der Waals surface area contributed by atoms with E-state index < -0.39 is 0 Å². The minimum atomic E-state index is -0.327. The highest BCUT2D eigenvalue weighted by Gasteiger charge is 2.10. The highest BCUT2D eigenvalue weighted by Crippen LogP contribution is 2.16. The molecule has 0 amide bonds. The van der Waals surface area contributed by atoms with Crippen molar-refractivity contribution in [1.82, 2.24) is 4.90 Å². The van der Waals surface area contributed by atoms with Gasteiger partial charge in [-0.15, -0.1) is 0 Å². The Morgan fingerprint density at radius 3 is 2.84 bits per heavy atom. The van der Waals surface area contributed by atoms with Crippen LogP contribution in [0.15, 0.2) is 18.2 Å². The van der Waals surface area contributed by atoms with Crippen LogP contribution in [0.1, 0.15) is 17.3 Å². The first-order valence-electron chi connectivity index (χ1n) is 6.51. The SMILES string of the molecule is CC(=O)c1ccc(F)c(NCCN2CCOCC2)c1. The van der Waals surface area contributed by atoms with Crippen molar-refractivity contribution in [2.45, 2.75) is 6.92 Å². The normalized spacial score (nSPS) is 16.3. The van der Waals surface area contributed by atoms with Crippen LogP contribution in [-0.4, -0.2) is 50.1 Å². The zero-order valence-electron chi connectivity index (χ0n) is 11.1. The van der Waals surface area contributed by atoms with Crippen LogP contribution < -0.4 is 5.32 Å². The van der Waals surface area contributed by atoms with Crippen LogP contribution in [0.25, 0.3) is 0 Å². The fourth-order valence-corrected chi connectivity index (χ4v) is 2.05. The number of halogens is 1. The van der Waals surface area contributed by atoms with E-state index in [-0.39, 0.29) is 11.6 Å². The van der Waals surface area contributed by atoms with E-state index in [0.717, 1.165) is 32.8 Å². The molecule has 1 N–H and O–H groups in total. The minimum absolute atomic E-state index is 0.0590. The largest absolute Gasteiger partial charge is 0.381 e. The third-order valence-corrected chi connectivity index (χ3v) is 3.22. The van der Waals surface area contributed by atoms with E-state index in [1.807, 2.05) is 0 Å². The molecule has 1 fully saturated rings. The van der Waals surface area contributed by atoms with Crippen LogP contribution in [0.5, 0.6) is 0 Å². The smallest absolute Gasteiger partial charge is 0.159 e. The molecule has 1 saturated heterocycles. The molecule has 0 bridgehead atoms. The first-order chi connectivity index (χ1) is 9.16. The zero-order chi connectivity index (χ0) is 13.7. The van der Waals surface area contributed by atoms with Crippen molar-refractivity contribution in [2.24, 2.45) is 0 Å². The highest BCUT2D eigenvalue weighted by atomic mass is 19.1. The lowest BCUT2D eigenvalue weighted by atomic mass is 10.1. The van der Waals surface area contributed by atoms with Crippen LogP contribution in [0, 0.1) is 5.82 Å². The van der Waals surface area contributed by atoms with Gasteiger partial charge in [0, 0.05) is 31.7 Å². The number of hydrogen-bond acceptors (Lipinski definition) is 4. The predicted molar refractivity (Wildman–Crippen MR) is 72.2 cm³/mol. The summed E-state index contributed by atoms with van der Waals surface area (Å²) in [6.07, 6.45) is 0. The van der Waals surface area contributed by atoms with E-state index >= 15 is 0 Å². The number of morpholine rings is 1. The summed E-state index contributed by atoms with van der Waals surface area (Å²) in [5.41, 5.74) is 0.913. The maximum atomic E-state index is 13.6. The molecule has 0 atom stereocenters. The first-order valence-corrected chi connectivity index (χ1v) is 6.51. The van der Waals surface area contributed by atoms with Crippen LogP contribution in [0.3, 0.4) is 0 Å². The molecule has 1 heterocycles. The molecule has 0 radical (unpaired) electrons. The van der Waals surface area contributed by atoms with Gasteiger partial charge in [0.05, 0.1) is 18.9 Å². The maximum absolute atomic E-state index is 13.6. The number of nitrogens with one attached hydrogen (secondary N) is 1. The van der Waals surface area contributed by atoms with Crippen LogP contribution >= 0.6 is 0 Å². The van der Waals surface area contributed by atoms with Gasteiger partial charge in [0.2, 0.25) is 0 Å². The second-order valence-electron chi connectivity index (χ2n) is 4.63. The molecule has 1 aliphatic rings. The van der Waals surface area contributed by atoms with E-state index in [4.69, 9.17) is 4.74 Å². The van der Waals surface area contributed by atoms with Gasteiger partial charge in [0.15, 0.2) is 5.78 Å². The van der Waals surface area contributed by atoms with E-state index in [1.165, 1.54) is 19.1 Å². The molecular weight excluding hydrogens is 247 g/mol. The number of rotatable bonds is 5. The van der Waals surface area contributed by atoms with Gasteiger partial charge in [-0.2, -0.15) is 0 Å². The predicted octanol–water partition coefficient (Wildman–Crippen LogP) is 1.77. The molecule has 104 valence electrons. The van der Waals surface area contributed by atoms with Crippen molar-refractivity contribution >= 4 is 11.5 Å². The van der Waals surface area contributed by atoms with Crippen molar-refractivity contribution < 1.29 is 13.9 Å². The second kappa shape index (κ2) is 6.63. The van der Waals surface area contributed by atoms with Crippen LogP contribution in [0.2, 0.25) is 0 Å². The lowest BCUT2D eigenvalue weighted by molar-refractivity contribution is 0.0398. The number of benzene rings is 1. The van der Waals surface area contributed by atoms with Gasteiger partial charge >= 0.3 is 0 Å². The minimum Gasteiger partial charge on any atom is -0.381 e. The third-order valence-electron chi connectivity index (χ3n) is 3.22. The molecule has 0 spiro atoms. The van der Waals surface area contributed by atoms with Crippen molar-refractivity contribution in [3.8, 4) is 0 Å². The van der Waals surface area contributed by atoms with Gasteiger partial charge in [-0.1, -0.05) is 0 Å². The standard InChI is InChI=1S/C14H19FN2O2/c1-11(18)12-2-3-13(15)14(10-12)16-4-5-17-6-8-19-9-7-17/h2-3,10,16H,4-9H2,1H3. The Kier molecular flexibility index (Phi) is 4.87. The van der Waals surface area contributed by atoms with Crippen molar-refractivity contribution in [3.05, 3.63) is 29.6 Å². The van der Waals surface area contributed by atoms with Gasteiger partial charge < -0.3 is 10.1 Å². The Morgan fingerprint density at radius 1 is 1.42 bits per heavy atom. The molecule has 0 aliphatic carbocycles. The summed E-state index contributed by atoms with van der Waals surface area (Å²) in [6.45, 7) is 6.31. The summed E-state index contributed by atoms with van der Waals surface area (Å²) in [7, 11) is 0. The lowest BCUT2D eigenvalue weighted by Gasteiger charge is -2.26. The Morgan fingerprint density at radius 2 is 2.16 bits per heavy atom. The summed E-state index contributed by atoms with van der Waals surface area (Å²) in [5.74, 6) is -0.386. The van der Waals surface area contributed by atoms with Gasteiger partial charge in [-0.3, -0.25) is 9.69 Å². The molecule has 2 rings (SSSR count). The number of carbonyl (C=O) groups is 1. The van der Waals surface area contributed by atoms with E-state index in [2.05, 4.69) is 10.2 Å². The molecule has 1 aromatic carbocycles. The van der Waals surface area contributed by atoms with Gasteiger partial charge in [0.1, 0.15) is 5.82 Å². The van der Waals surface area contributed by atoms with Crippen molar-refractivity contribution in [1.29, 1.82) is 0 Å². The number of hydrogen-bond donors (Lipinski definition) is 1. The summed E-state index contributed by atoms with van der Waals surface area (Å²) in [6, 6.07) is 4.40. The van der Waals surface area contributed by atoms with Gasteiger partial charge in [-0.25, -0.2) is 4.39 Å². The molecule has 0 unspecified atom stereocenters. The number of carbonyl (C=O) groups excluding carboxylic acids is 1. The number of ketones is 1.